The lowest BCUT2D eigenvalue weighted by Crippen LogP contribution is -2.32. The summed E-state index contributed by atoms with van der Waals surface area (Å²) < 4.78 is 5.63. The molecular weight excluding hydrogens is 264 g/mol. The van der Waals surface area contributed by atoms with E-state index in [1.54, 1.807) is 0 Å². The maximum absolute atomic E-state index is 11.9. The van der Waals surface area contributed by atoms with Gasteiger partial charge in [-0.1, -0.05) is 26.0 Å². The highest BCUT2D eigenvalue weighted by Gasteiger charge is 2.18. The Morgan fingerprint density at radius 1 is 1.33 bits per heavy atom. The molecule has 4 nitrogen and oxygen atoms in total. The maximum Gasteiger partial charge on any atom is 0.260 e. The second-order valence-corrected chi connectivity index (χ2v) is 6.05. The van der Waals surface area contributed by atoms with Crippen molar-refractivity contribution in [2.75, 3.05) is 26.2 Å². The zero-order valence-corrected chi connectivity index (χ0v) is 13.1. The lowest BCUT2D eigenvalue weighted by Gasteiger charge is -2.15. The number of likely N-dealkylation sites (tertiary alicyclic amines) is 1. The smallest absolute Gasteiger partial charge is 0.260 e. The van der Waals surface area contributed by atoms with Gasteiger partial charge in [-0.25, -0.2) is 0 Å². The monoisotopic (exact) mass is 290 g/mol. The van der Waals surface area contributed by atoms with Gasteiger partial charge in [0.1, 0.15) is 5.75 Å². The first kappa shape index (κ1) is 15.8. The summed E-state index contributed by atoms with van der Waals surface area (Å²) >= 11 is 0. The Bertz CT molecular complexity index is 454. The number of nitrogens with zero attached hydrogens (tertiary/aromatic N) is 1. The third kappa shape index (κ3) is 5.38. The summed E-state index contributed by atoms with van der Waals surface area (Å²) in [6.07, 6.45) is 2.23. The fraction of sp³-hybridized carbons (Fsp3) is 0.588. The third-order valence-electron chi connectivity index (χ3n) is 3.60. The normalized spacial score (nSPS) is 14.7. The summed E-state index contributed by atoms with van der Waals surface area (Å²) in [6, 6.07) is 7.96. The first-order chi connectivity index (χ1) is 10.1. The van der Waals surface area contributed by atoms with Crippen LogP contribution in [0.5, 0.6) is 5.75 Å². The number of nitrogens with one attached hydrogen (secondary N) is 1. The average Bonchev–Trinajstić information content (AvgIpc) is 2.99. The summed E-state index contributed by atoms with van der Waals surface area (Å²) in [6.45, 7) is 8.10. The zero-order chi connectivity index (χ0) is 15.1. The van der Waals surface area contributed by atoms with Crippen LogP contribution in [0.4, 0.5) is 0 Å². The van der Waals surface area contributed by atoms with Gasteiger partial charge in [-0.3, -0.25) is 4.79 Å². The van der Waals surface area contributed by atoms with Crippen molar-refractivity contribution in [3.8, 4) is 5.75 Å². The fourth-order valence-electron chi connectivity index (χ4n) is 2.45. The molecule has 0 saturated carbocycles. The van der Waals surface area contributed by atoms with E-state index in [2.05, 4.69) is 25.2 Å². The zero-order valence-electron chi connectivity index (χ0n) is 13.1. The Balaban J connectivity index is 1.78. The lowest BCUT2D eigenvalue weighted by molar-refractivity contribution is -0.132. The van der Waals surface area contributed by atoms with Gasteiger partial charge in [-0.05, 0) is 43.0 Å². The van der Waals surface area contributed by atoms with Gasteiger partial charge in [-0.2, -0.15) is 0 Å². The van der Waals surface area contributed by atoms with Crippen molar-refractivity contribution in [1.82, 2.24) is 10.2 Å². The minimum Gasteiger partial charge on any atom is -0.484 e. The van der Waals surface area contributed by atoms with E-state index in [9.17, 15) is 4.79 Å². The number of rotatable bonds is 7. The predicted molar refractivity (Wildman–Crippen MR) is 84.3 cm³/mol. The molecule has 0 atom stereocenters. The molecule has 1 aliphatic heterocycles. The van der Waals surface area contributed by atoms with Crippen molar-refractivity contribution in [3.05, 3.63) is 29.8 Å². The highest BCUT2D eigenvalue weighted by atomic mass is 16.5. The quantitative estimate of drug-likeness (QED) is 0.838. The molecule has 1 heterocycles. The standard InChI is InChI=1S/C17H26N2O2/c1-14(2)11-18-12-15-6-5-7-16(10-15)21-13-17(20)19-8-3-4-9-19/h5-7,10,14,18H,3-4,8-9,11-13H2,1-2H3. The van der Waals surface area contributed by atoms with Gasteiger partial charge in [-0.15, -0.1) is 0 Å². The Labute approximate surface area is 127 Å². The van der Waals surface area contributed by atoms with Crippen LogP contribution in [-0.4, -0.2) is 37.0 Å². The van der Waals surface area contributed by atoms with Gasteiger partial charge in [0.05, 0.1) is 0 Å². The van der Waals surface area contributed by atoms with Crippen molar-refractivity contribution in [3.63, 3.8) is 0 Å². The Kier molecular flexibility index (Phi) is 6.05. The fourth-order valence-corrected chi connectivity index (χ4v) is 2.45. The molecule has 1 aromatic rings. The van der Waals surface area contributed by atoms with Crippen molar-refractivity contribution < 1.29 is 9.53 Å². The van der Waals surface area contributed by atoms with Gasteiger partial charge in [0, 0.05) is 19.6 Å². The molecule has 1 saturated heterocycles. The summed E-state index contributed by atoms with van der Waals surface area (Å²) in [5, 5.41) is 3.41. The van der Waals surface area contributed by atoms with Gasteiger partial charge in [0.25, 0.3) is 5.91 Å². The molecular formula is C17H26N2O2. The van der Waals surface area contributed by atoms with Crippen molar-refractivity contribution in [2.45, 2.75) is 33.2 Å². The van der Waals surface area contributed by atoms with E-state index in [0.29, 0.717) is 5.92 Å². The Morgan fingerprint density at radius 3 is 2.81 bits per heavy atom. The van der Waals surface area contributed by atoms with E-state index in [0.717, 1.165) is 44.8 Å². The Hall–Kier alpha value is -1.55. The van der Waals surface area contributed by atoms with E-state index in [1.165, 1.54) is 5.56 Å². The van der Waals surface area contributed by atoms with E-state index < -0.39 is 0 Å². The molecule has 1 aliphatic rings. The van der Waals surface area contributed by atoms with Gasteiger partial charge >= 0.3 is 0 Å². The van der Waals surface area contributed by atoms with Crippen molar-refractivity contribution in [1.29, 1.82) is 0 Å². The first-order valence-electron chi connectivity index (χ1n) is 7.85. The SMILES string of the molecule is CC(C)CNCc1cccc(OCC(=O)N2CCCC2)c1. The molecule has 0 aromatic heterocycles. The number of amides is 1. The molecule has 0 unspecified atom stereocenters. The van der Waals surface area contributed by atoms with Crippen molar-refractivity contribution >= 4 is 5.91 Å². The van der Waals surface area contributed by atoms with Crippen LogP contribution in [0.3, 0.4) is 0 Å². The minimum absolute atomic E-state index is 0.0934. The maximum atomic E-state index is 11.9. The van der Waals surface area contributed by atoms with Crippen LogP contribution in [0.15, 0.2) is 24.3 Å². The van der Waals surface area contributed by atoms with Crippen LogP contribution in [0.25, 0.3) is 0 Å². The largest absolute Gasteiger partial charge is 0.484 e. The van der Waals surface area contributed by atoms with Gasteiger partial charge in [0.15, 0.2) is 6.61 Å². The van der Waals surface area contributed by atoms with Crippen LogP contribution < -0.4 is 10.1 Å². The van der Waals surface area contributed by atoms with Gasteiger partial charge < -0.3 is 15.0 Å². The van der Waals surface area contributed by atoms with E-state index in [4.69, 9.17) is 4.74 Å². The van der Waals surface area contributed by atoms with Crippen LogP contribution in [0.1, 0.15) is 32.3 Å². The molecule has 2 rings (SSSR count). The molecule has 1 fully saturated rings. The average molecular weight is 290 g/mol. The van der Waals surface area contributed by atoms with Crippen LogP contribution in [-0.2, 0) is 11.3 Å². The second kappa shape index (κ2) is 8.03. The van der Waals surface area contributed by atoms with Crippen LogP contribution in [0.2, 0.25) is 0 Å². The van der Waals surface area contributed by atoms with E-state index in [-0.39, 0.29) is 12.5 Å². The summed E-state index contributed by atoms with van der Waals surface area (Å²) in [7, 11) is 0. The summed E-state index contributed by atoms with van der Waals surface area (Å²) in [4.78, 5) is 13.8. The topological polar surface area (TPSA) is 41.6 Å². The number of benzene rings is 1. The van der Waals surface area contributed by atoms with Gasteiger partial charge in [0.2, 0.25) is 0 Å². The van der Waals surface area contributed by atoms with Crippen LogP contribution >= 0.6 is 0 Å². The van der Waals surface area contributed by atoms with Crippen LogP contribution in [0, 0.1) is 5.92 Å². The molecule has 0 bridgehead atoms. The molecule has 21 heavy (non-hydrogen) atoms. The Morgan fingerprint density at radius 2 is 2.10 bits per heavy atom. The molecule has 0 radical (unpaired) electrons. The molecule has 116 valence electrons. The number of hydrogen-bond donors (Lipinski definition) is 1. The minimum atomic E-state index is 0.0934. The molecule has 1 amide bonds. The molecule has 0 spiro atoms. The summed E-state index contributed by atoms with van der Waals surface area (Å²) in [5.74, 6) is 1.50. The first-order valence-corrected chi connectivity index (χ1v) is 7.85. The number of ether oxygens (including phenoxy) is 1. The number of hydrogen-bond acceptors (Lipinski definition) is 3. The number of carbonyl (C=O) groups excluding carboxylic acids is 1. The molecule has 4 heteroatoms. The lowest BCUT2D eigenvalue weighted by atomic mass is 10.2. The van der Waals surface area contributed by atoms with E-state index >= 15 is 0 Å². The predicted octanol–water partition coefficient (Wildman–Crippen LogP) is 2.43. The number of carbonyl (C=O) groups is 1. The van der Waals surface area contributed by atoms with Crippen molar-refractivity contribution in [2.24, 2.45) is 5.92 Å². The highest BCUT2D eigenvalue weighted by Crippen LogP contribution is 2.14. The second-order valence-electron chi connectivity index (χ2n) is 6.05. The molecule has 1 aromatic carbocycles. The molecule has 0 aliphatic carbocycles. The third-order valence-corrected chi connectivity index (χ3v) is 3.60. The van der Waals surface area contributed by atoms with E-state index in [1.807, 2.05) is 23.1 Å². The molecule has 1 N–H and O–H groups in total. The highest BCUT2D eigenvalue weighted by molar-refractivity contribution is 5.78. The summed E-state index contributed by atoms with van der Waals surface area (Å²) in [5.41, 5.74) is 1.18.